The second kappa shape index (κ2) is 3.94. The van der Waals surface area contributed by atoms with Gasteiger partial charge in [0.25, 0.3) is 5.91 Å². The maximum atomic E-state index is 11.7. The standard InChI is InChI=1S/C9H9Br2NOS/c1-4-2-6(4)12-9(13)7-3-5(10)8(11)14-7/h3-4,6H,2H2,1H3,(H,12,13). The highest BCUT2D eigenvalue weighted by Gasteiger charge is 2.34. The summed E-state index contributed by atoms with van der Waals surface area (Å²) >= 11 is 8.18. The minimum Gasteiger partial charge on any atom is -0.348 e. The molecule has 1 aromatic heterocycles. The molecule has 2 nitrogen and oxygen atoms in total. The molecule has 2 atom stereocenters. The normalized spacial score (nSPS) is 24.8. The maximum absolute atomic E-state index is 11.7. The van der Waals surface area contributed by atoms with Crippen LogP contribution in [0.2, 0.25) is 0 Å². The second-order valence-electron chi connectivity index (χ2n) is 3.53. The summed E-state index contributed by atoms with van der Waals surface area (Å²) in [5, 5.41) is 2.99. The number of carbonyl (C=O) groups is 1. The molecule has 1 amide bonds. The molecule has 1 aliphatic rings. The van der Waals surface area contributed by atoms with Crippen LogP contribution in [0, 0.1) is 5.92 Å². The molecule has 1 N–H and O–H groups in total. The van der Waals surface area contributed by atoms with Gasteiger partial charge in [0.2, 0.25) is 0 Å². The fraction of sp³-hybridized carbons (Fsp3) is 0.444. The Morgan fingerprint density at radius 1 is 1.64 bits per heavy atom. The number of nitrogens with one attached hydrogen (secondary N) is 1. The summed E-state index contributed by atoms with van der Waals surface area (Å²) in [5.41, 5.74) is 0. The van der Waals surface area contributed by atoms with E-state index in [-0.39, 0.29) is 5.91 Å². The van der Waals surface area contributed by atoms with Crippen LogP contribution in [0.3, 0.4) is 0 Å². The van der Waals surface area contributed by atoms with Gasteiger partial charge < -0.3 is 5.32 Å². The zero-order valence-electron chi connectivity index (χ0n) is 7.51. The predicted octanol–water partition coefficient (Wildman–Crippen LogP) is 3.41. The molecule has 1 saturated carbocycles. The molecule has 5 heteroatoms. The van der Waals surface area contributed by atoms with Crippen LogP contribution in [0.15, 0.2) is 14.3 Å². The molecule has 0 radical (unpaired) electrons. The van der Waals surface area contributed by atoms with E-state index in [1.54, 1.807) is 0 Å². The highest BCUT2D eigenvalue weighted by molar-refractivity contribution is 9.13. The molecule has 2 rings (SSSR count). The van der Waals surface area contributed by atoms with Crippen molar-refractivity contribution in [1.82, 2.24) is 5.32 Å². The first kappa shape index (κ1) is 10.6. The average molecular weight is 339 g/mol. The van der Waals surface area contributed by atoms with Crippen LogP contribution in [0.25, 0.3) is 0 Å². The molecule has 14 heavy (non-hydrogen) atoms. The van der Waals surface area contributed by atoms with E-state index in [1.165, 1.54) is 11.3 Å². The number of hydrogen-bond donors (Lipinski definition) is 1. The van der Waals surface area contributed by atoms with Gasteiger partial charge in [-0.1, -0.05) is 6.92 Å². The first-order chi connectivity index (χ1) is 6.58. The number of amides is 1. The highest BCUT2D eigenvalue weighted by Crippen LogP contribution is 2.34. The first-order valence-corrected chi connectivity index (χ1v) is 6.74. The van der Waals surface area contributed by atoms with Gasteiger partial charge >= 0.3 is 0 Å². The summed E-state index contributed by atoms with van der Waals surface area (Å²) in [4.78, 5) is 12.4. The number of hydrogen-bond acceptors (Lipinski definition) is 2. The smallest absolute Gasteiger partial charge is 0.261 e. The van der Waals surface area contributed by atoms with E-state index in [2.05, 4.69) is 44.1 Å². The second-order valence-corrected chi connectivity index (χ2v) is 6.75. The molecule has 1 heterocycles. The predicted molar refractivity (Wildman–Crippen MR) is 64.8 cm³/mol. The van der Waals surface area contributed by atoms with Crippen LogP contribution in [-0.2, 0) is 0 Å². The minimum absolute atomic E-state index is 0.0377. The van der Waals surface area contributed by atoms with Gasteiger partial charge in [-0.25, -0.2) is 0 Å². The zero-order valence-corrected chi connectivity index (χ0v) is 11.5. The van der Waals surface area contributed by atoms with Gasteiger partial charge in [0.15, 0.2) is 0 Å². The fourth-order valence-electron chi connectivity index (χ4n) is 1.22. The Morgan fingerprint density at radius 3 is 2.71 bits per heavy atom. The Labute approximate surface area is 103 Å². The molecule has 0 aromatic carbocycles. The molecule has 0 bridgehead atoms. The van der Waals surface area contributed by atoms with Crippen LogP contribution in [-0.4, -0.2) is 11.9 Å². The first-order valence-electron chi connectivity index (χ1n) is 4.33. The Bertz CT molecular complexity index is 357. The number of thiophene rings is 1. The summed E-state index contributed by atoms with van der Waals surface area (Å²) in [7, 11) is 0. The maximum Gasteiger partial charge on any atom is 0.261 e. The van der Waals surface area contributed by atoms with Crippen molar-refractivity contribution in [2.24, 2.45) is 5.92 Å². The van der Waals surface area contributed by atoms with Crippen molar-refractivity contribution < 1.29 is 4.79 Å². The van der Waals surface area contributed by atoms with Crippen molar-refractivity contribution in [2.75, 3.05) is 0 Å². The van der Waals surface area contributed by atoms with Crippen molar-refractivity contribution in [2.45, 2.75) is 19.4 Å². The van der Waals surface area contributed by atoms with Gasteiger partial charge in [-0.15, -0.1) is 11.3 Å². The van der Waals surface area contributed by atoms with Crippen LogP contribution in [0.1, 0.15) is 23.0 Å². The number of halogens is 2. The van der Waals surface area contributed by atoms with E-state index in [0.29, 0.717) is 12.0 Å². The molecule has 0 saturated heterocycles. The third kappa shape index (κ3) is 2.20. The SMILES string of the molecule is CC1CC1NC(=O)c1cc(Br)c(Br)s1. The van der Waals surface area contributed by atoms with Gasteiger partial charge in [-0.2, -0.15) is 0 Å². The van der Waals surface area contributed by atoms with Crippen LogP contribution >= 0.6 is 43.2 Å². The van der Waals surface area contributed by atoms with Gasteiger partial charge in [-0.3, -0.25) is 4.79 Å². The van der Waals surface area contributed by atoms with Gasteiger partial charge in [0, 0.05) is 10.5 Å². The summed E-state index contributed by atoms with van der Waals surface area (Å²) < 4.78 is 1.91. The third-order valence-electron chi connectivity index (χ3n) is 2.29. The van der Waals surface area contributed by atoms with E-state index in [4.69, 9.17) is 0 Å². The van der Waals surface area contributed by atoms with Gasteiger partial charge in [0.1, 0.15) is 0 Å². The average Bonchev–Trinajstić information content (AvgIpc) is 2.68. The summed E-state index contributed by atoms with van der Waals surface area (Å²) in [6.07, 6.45) is 1.11. The minimum atomic E-state index is 0.0377. The quantitative estimate of drug-likeness (QED) is 0.879. The van der Waals surface area contributed by atoms with Crippen molar-refractivity contribution in [3.63, 3.8) is 0 Å². The summed E-state index contributed by atoms with van der Waals surface area (Å²) in [6, 6.07) is 2.24. The molecule has 0 spiro atoms. The lowest BCUT2D eigenvalue weighted by atomic mass is 10.4. The van der Waals surface area contributed by atoms with Crippen LogP contribution < -0.4 is 5.32 Å². The molecule has 1 fully saturated rings. The number of rotatable bonds is 2. The van der Waals surface area contributed by atoms with Gasteiger partial charge in [-0.05, 0) is 50.3 Å². The van der Waals surface area contributed by atoms with E-state index in [1.807, 2.05) is 6.07 Å². The van der Waals surface area contributed by atoms with Crippen molar-refractivity contribution in [1.29, 1.82) is 0 Å². The Morgan fingerprint density at radius 2 is 2.29 bits per heavy atom. The Balaban J connectivity index is 2.04. The summed E-state index contributed by atoms with van der Waals surface area (Å²) in [6.45, 7) is 2.14. The van der Waals surface area contributed by atoms with E-state index < -0.39 is 0 Å². The molecule has 0 aliphatic heterocycles. The largest absolute Gasteiger partial charge is 0.348 e. The lowest BCUT2D eigenvalue weighted by molar-refractivity contribution is 0.0953. The lowest BCUT2D eigenvalue weighted by Gasteiger charge is -1.99. The van der Waals surface area contributed by atoms with Crippen molar-refractivity contribution >= 4 is 49.1 Å². The monoisotopic (exact) mass is 337 g/mol. The zero-order chi connectivity index (χ0) is 10.3. The van der Waals surface area contributed by atoms with Crippen LogP contribution in [0.5, 0.6) is 0 Å². The highest BCUT2D eigenvalue weighted by atomic mass is 79.9. The van der Waals surface area contributed by atoms with E-state index in [0.717, 1.165) is 19.6 Å². The molecule has 2 unspecified atom stereocenters. The third-order valence-corrected chi connectivity index (χ3v) is 5.55. The molecule has 1 aliphatic carbocycles. The topological polar surface area (TPSA) is 29.1 Å². The molecular formula is C9H9Br2NOS. The van der Waals surface area contributed by atoms with Crippen molar-refractivity contribution in [3.8, 4) is 0 Å². The Kier molecular flexibility index (Phi) is 3.00. The van der Waals surface area contributed by atoms with E-state index >= 15 is 0 Å². The summed E-state index contributed by atoms with van der Waals surface area (Å²) in [5.74, 6) is 0.682. The fourth-order valence-corrected chi connectivity index (χ4v) is 3.16. The molecule has 1 aromatic rings. The Hall–Kier alpha value is 0.130. The lowest BCUT2D eigenvalue weighted by Crippen LogP contribution is -2.25. The van der Waals surface area contributed by atoms with Gasteiger partial charge in [0.05, 0.1) is 8.66 Å². The molecular weight excluding hydrogens is 330 g/mol. The molecule has 76 valence electrons. The number of carbonyl (C=O) groups excluding carboxylic acids is 1. The van der Waals surface area contributed by atoms with Crippen molar-refractivity contribution in [3.05, 3.63) is 19.2 Å². The van der Waals surface area contributed by atoms with Crippen LogP contribution in [0.4, 0.5) is 0 Å². The van der Waals surface area contributed by atoms with E-state index in [9.17, 15) is 4.79 Å².